The maximum absolute atomic E-state index is 12.4. The minimum atomic E-state index is 0.215. The Labute approximate surface area is 129 Å². The lowest BCUT2D eigenvalue weighted by Gasteiger charge is -2.38. The molecule has 1 amide bonds. The van der Waals surface area contributed by atoms with E-state index in [2.05, 4.69) is 21.2 Å². The number of hydrogen-bond donors (Lipinski definition) is 1. The maximum atomic E-state index is 12.4. The summed E-state index contributed by atoms with van der Waals surface area (Å²) >= 11 is 3.44. The van der Waals surface area contributed by atoms with Crippen molar-refractivity contribution in [2.24, 2.45) is 17.8 Å². The molecule has 108 valence electrons. The minimum Gasteiger partial charge on any atom is -0.326 e. The Balaban J connectivity index is 1.60. The number of nitrogens with one attached hydrogen (secondary N) is 1. The first-order chi connectivity index (χ1) is 9.72. The molecule has 0 aliphatic heterocycles. The van der Waals surface area contributed by atoms with Crippen molar-refractivity contribution in [1.29, 1.82) is 0 Å². The summed E-state index contributed by atoms with van der Waals surface area (Å²) in [6.45, 7) is 0. The fourth-order valence-corrected chi connectivity index (χ4v) is 4.32. The second-order valence-corrected chi connectivity index (χ2v) is 7.23. The third-order valence-corrected chi connectivity index (χ3v) is 5.50. The van der Waals surface area contributed by atoms with Gasteiger partial charge in [0.1, 0.15) is 0 Å². The van der Waals surface area contributed by atoms with Gasteiger partial charge in [0.15, 0.2) is 0 Å². The Morgan fingerprint density at radius 3 is 2.70 bits per heavy atom. The highest BCUT2D eigenvalue weighted by Gasteiger charge is 2.34. The van der Waals surface area contributed by atoms with E-state index in [1.54, 1.807) is 0 Å². The molecule has 2 fully saturated rings. The summed E-state index contributed by atoms with van der Waals surface area (Å²) in [6.07, 6.45) is 8.92. The van der Waals surface area contributed by atoms with Crippen molar-refractivity contribution in [3.63, 3.8) is 0 Å². The number of carbonyl (C=O) groups excluding carboxylic acids is 1. The second-order valence-electron chi connectivity index (χ2n) is 6.31. The highest BCUT2D eigenvalue weighted by Crippen LogP contribution is 2.42. The molecule has 0 radical (unpaired) electrons. The first-order valence-corrected chi connectivity index (χ1v) is 8.58. The van der Waals surface area contributed by atoms with Crippen LogP contribution in [0, 0.1) is 17.8 Å². The fraction of sp³-hybridized carbons (Fsp3) is 0.588. The normalized spacial score (nSPS) is 29.6. The molecule has 1 aromatic rings. The Bertz CT molecular complexity index is 488. The van der Waals surface area contributed by atoms with Crippen LogP contribution in [0.1, 0.15) is 44.9 Å². The Morgan fingerprint density at radius 1 is 1.10 bits per heavy atom. The highest BCUT2D eigenvalue weighted by molar-refractivity contribution is 9.10. The minimum absolute atomic E-state index is 0.215. The van der Waals surface area contributed by atoms with Gasteiger partial charge in [0.25, 0.3) is 0 Å². The van der Waals surface area contributed by atoms with E-state index >= 15 is 0 Å². The first-order valence-electron chi connectivity index (χ1n) is 7.79. The molecule has 1 N–H and O–H groups in total. The molecule has 1 aromatic carbocycles. The summed E-state index contributed by atoms with van der Waals surface area (Å²) in [5, 5.41) is 3.08. The average Bonchev–Trinajstić information content (AvgIpc) is 2.47. The molecule has 2 aliphatic carbocycles. The van der Waals surface area contributed by atoms with Crippen molar-refractivity contribution < 1.29 is 4.79 Å². The van der Waals surface area contributed by atoms with Gasteiger partial charge in [-0.05, 0) is 49.3 Å². The van der Waals surface area contributed by atoms with Crippen LogP contribution in [0.25, 0.3) is 0 Å². The lowest BCUT2D eigenvalue weighted by atomic mass is 9.67. The van der Waals surface area contributed by atoms with E-state index in [-0.39, 0.29) is 11.8 Å². The van der Waals surface area contributed by atoms with Gasteiger partial charge in [0, 0.05) is 16.1 Å². The third kappa shape index (κ3) is 3.25. The lowest BCUT2D eigenvalue weighted by molar-refractivity contribution is -0.122. The molecule has 0 heterocycles. The van der Waals surface area contributed by atoms with Gasteiger partial charge in [-0.15, -0.1) is 0 Å². The predicted molar refractivity (Wildman–Crippen MR) is 85.6 cm³/mol. The molecular formula is C17H22BrNO. The summed E-state index contributed by atoms with van der Waals surface area (Å²) in [4.78, 5) is 12.4. The van der Waals surface area contributed by atoms with Gasteiger partial charge in [-0.2, -0.15) is 0 Å². The van der Waals surface area contributed by atoms with Crippen LogP contribution in [0.5, 0.6) is 0 Å². The molecule has 0 spiro atoms. The molecule has 0 aromatic heterocycles. The van der Waals surface area contributed by atoms with E-state index in [1.807, 2.05) is 24.3 Å². The van der Waals surface area contributed by atoms with E-state index in [4.69, 9.17) is 0 Å². The van der Waals surface area contributed by atoms with Gasteiger partial charge in [0.05, 0.1) is 0 Å². The smallest absolute Gasteiger partial charge is 0.227 e. The van der Waals surface area contributed by atoms with E-state index in [9.17, 15) is 4.79 Å². The molecule has 0 bridgehead atoms. The van der Waals surface area contributed by atoms with Crippen molar-refractivity contribution >= 4 is 27.5 Å². The molecule has 3 atom stereocenters. The number of halogens is 1. The molecule has 0 saturated heterocycles. The third-order valence-electron chi connectivity index (χ3n) is 5.00. The van der Waals surface area contributed by atoms with Gasteiger partial charge in [-0.1, -0.05) is 47.7 Å². The molecule has 2 saturated carbocycles. The number of amides is 1. The monoisotopic (exact) mass is 335 g/mol. The zero-order chi connectivity index (χ0) is 13.9. The molecule has 20 heavy (non-hydrogen) atoms. The topological polar surface area (TPSA) is 29.1 Å². The summed E-state index contributed by atoms with van der Waals surface area (Å²) in [5.41, 5.74) is 0.898. The zero-order valence-electron chi connectivity index (χ0n) is 11.8. The largest absolute Gasteiger partial charge is 0.326 e. The number of benzene rings is 1. The summed E-state index contributed by atoms with van der Waals surface area (Å²) in [7, 11) is 0. The van der Waals surface area contributed by atoms with Crippen LogP contribution < -0.4 is 5.32 Å². The van der Waals surface area contributed by atoms with Crippen LogP contribution in [0.3, 0.4) is 0 Å². The number of fused-ring (bicyclic) bond motifs is 1. The van der Waals surface area contributed by atoms with Crippen LogP contribution >= 0.6 is 15.9 Å². The van der Waals surface area contributed by atoms with Gasteiger partial charge in [-0.3, -0.25) is 4.79 Å². The second kappa shape index (κ2) is 6.30. The lowest BCUT2D eigenvalue weighted by Crippen LogP contribution is -2.33. The number of rotatable bonds is 2. The van der Waals surface area contributed by atoms with Gasteiger partial charge in [0.2, 0.25) is 5.91 Å². The number of anilines is 1. The molecular weight excluding hydrogens is 314 g/mol. The standard InChI is InChI=1S/C17H22BrNO/c18-15-6-3-7-16(11-15)19-17(20)14-9-8-12-4-1-2-5-13(12)10-14/h3,6-7,11-14H,1-2,4-5,8-10H2,(H,19,20). The summed E-state index contributed by atoms with van der Waals surface area (Å²) in [5.74, 6) is 2.13. The quantitative estimate of drug-likeness (QED) is 0.809. The van der Waals surface area contributed by atoms with E-state index < -0.39 is 0 Å². The van der Waals surface area contributed by atoms with E-state index in [0.29, 0.717) is 0 Å². The Morgan fingerprint density at radius 2 is 1.90 bits per heavy atom. The Kier molecular flexibility index (Phi) is 4.45. The van der Waals surface area contributed by atoms with Crippen molar-refractivity contribution in [1.82, 2.24) is 0 Å². The highest BCUT2D eigenvalue weighted by atomic mass is 79.9. The van der Waals surface area contributed by atoms with Crippen LogP contribution in [0.4, 0.5) is 5.69 Å². The zero-order valence-corrected chi connectivity index (χ0v) is 13.4. The van der Waals surface area contributed by atoms with Crippen LogP contribution in [0.2, 0.25) is 0 Å². The Hall–Kier alpha value is -0.830. The van der Waals surface area contributed by atoms with Crippen molar-refractivity contribution in [2.75, 3.05) is 5.32 Å². The van der Waals surface area contributed by atoms with Gasteiger partial charge < -0.3 is 5.32 Å². The summed E-state index contributed by atoms with van der Waals surface area (Å²) in [6, 6.07) is 7.85. The SMILES string of the molecule is O=C(Nc1cccc(Br)c1)C1CCC2CCCCC2C1. The van der Waals surface area contributed by atoms with Crippen LogP contribution in [-0.2, 0) is 4.79 Å². The van der Waals surface area contributed by atoms with Crippen molar-refractivity contribution in [3.8, 4) is 0 Å². The van der Waals surface area contributed by atoms with Crippen molar-refractivity contribution in [3.05, 3.63) is 28.7 Å². The molecule has 3 rings (SSSR count). The molecule has 3 unspecified atom stereocenters. The van der Waals surface area contributed by atoms with E-state index in [1.165, 1.54) is 32.1 Å². The first kappa shape index (κ1) is 14.1. The van der Waals surface area contributed by atoms with Gasteiger partial charge in [-0.25, -0.2) is 0 Å². The van der Waals surface area contributed by atoms with Crippen LogP contribution in [-0.4, -0.2) is 5.91 Å². The van der Waals surface area contributed by atoms with Crippen LogP contribution in [0.15, 0.2) is 28.7 Å². The maximum Gasteiger partial charge on any atom is 0.227 e. The number of hydrogen-bond acceptors (Lipinski definition) is 1. The average molecular weight is 336 g/mol. The van der Waals surface area contributed by atoms with Crippen molar-refractivity contribution in [2.45, 2.75) is 44.9 Å². The molecule has 2 nitrogen and oxygen atoms in total. The molecule has 3 heteroatoms. The van der Waals surface area contributed by atoms with E-state index in [0.717, 1.165) is 34.8 Å². The molecule has 2 aliphatic rings. The predicted octanol–water partition coefficient (Wildman–Crippen LogP) is 4.99. The summed E-state index contributed by atoms with van der Waals surface area (Å²) < 4.78 is 1.01. The fourth-order valence-electron chi connectivity index (χ4n) is 3.92. The van der Waals surface area contributed by atoms with Gasteiger partial charge >= 0.3 is 0 Å². The number of carbonyl (C=O) groups is 1.